The van der Waals surface area contributed by atoms with Crippen molar-refractivity contribution in [2.24, 2.45) is 16.7 Å². The molecular formula is C17H24O4. The van der Waals surface area contributed by atoms with Crippen LogP contribution in [0.2, 0.25) is 0 Å². The zero-order chi connectivity index (χ0) is 15.8. The van der Waals surface area contributed by atoms with E-state index in [1.54, 1.807) is 6.92 Å². The lowest BCUT2D eigenvalue weighted by molar-refractivity contribution is -0.154. The Hall–Kier alpha value is -1.16. The highest BCUT2D eigenvalue weighted by Gasteiger charge is 2.65. The van der Waals surface area contributed by atoms with Crippen molar-refractivity contribution in [2.45, 2.75) is 65.6 Å². The second-order valence-electron chi connectivity index (χ2n) is 8.18. The number of Topliss-reactive ketones (excluding diaryl/α,β-unsaturated/α-hetero) is 1. The van der Waals surface area contributed by atoms with Crippen LogP contribution in [0.5, 0.6) is 0 Å². The van der Waals surface area contributed by atoms with Gasteiger partial charge in [-0.05, 0) is 54.1 Å². The maximum absolute atomic E-state index is 12.6. The molecule has 4 heteroatoms. The minimum atomic E-state index is -1.51. The van der Waals surface area contributed by atoms with Crippen LogP contribution in [0.3, 0.4) is 0 Å². The smallest absolute Gasteiger partial charge is 0.303 e. The van der Waals surface area contributed by atoms with Gasteiger partial charge in [0.25, 0.3) is 0 Å². The summed E-state index contributed by atoms with van der Waals surface area (Å²) in [6, 6.07) is 0. The summed E-state index contributed by atoms with van der Waals surface area (Å²) in [7, 11) is 0. The third-order valence-corrected chi connectivity index (χ3v) is 5.66. The van der Waals surface area contributed by atoms with Gasteiger partial charge in [0.2, 0.25) is 5.78 Å². The molecule has 0 aromatic rings. The Morgan fingerprint density at radius 3 is 2.43 bits per heavy atom. The second-order valence-corrected chi connectivity index (χ2v) is 8.18. The Morgan fingerprint density at radius 2 is 1.86 bits per heavy atom. The zero-order valence-electron chi connectivity index (χ0n) is 13.4. The van der Waals surface area contributed by atoms with Gasteiger partial charge in [0.1, 0.15) is 5.60 Å². The van der Waals surface area contributed by atoms with E-state index in [-0.39, 0.29) is 16.6 Å². The molecule has 1 saturated carbocycles. The van der Waals surface area contributed by atoms with Crippen LogP contribution < -0.4 is 0 Å². The molecular weight excluding hydrogens is 268 g/mol. The Balaban J connectivity index is 2.14. The predicted octanol–water partition coefficient (Wildman–Crippen LogP) is 2.39. The lowest BCUT2D eigenvalue weighted by Crippen LogP contribution is -2.40. The van der Waals surface area contributed by atoms with E-state index in [1.807, 2.05) is 0 Å². The molecule has 0 aliphatic heterocycles. The molecule has 4 unspecified atom stereocenters. The fourth-order valence-corrected chi connectivity index (χ4v) is 4.44. The van der Waals surface area contributed by atoms with E-state index in [2.05, 4.69) is 20.8 Å². The molecule has 0 saturated heterocycles. The Bertz CT molecular complexity index is 569. The summed E-state index contributed by atoms with van der Waals surface area (Å²) in [5.41, 5.74) is 0.135. The summed E-state index contributed by atoms with van der Waals surface area (Å²) >= 11 is 0. The summed E-state index contributed by atoms with van der Waals surface area (Å²) in [4.78, 5) is 24.0. The first-order valence-corrected chi connectivity index (χ1v) is 7.67. The van der Waals surface area contributed by atoms with Crippen LogP contribution in [0.25, 0.3) is 0 Å². The third-order valence-electron chi connectivity index (χ3n) is 5.66. The van der Waals surface area contributed by atoms with Gasteiger partial charge in [-0.2, -0.15) is 0 Å². The summed E-state index contributed by atoms with van der Waals surface area (Å²) in [6.45, 7) is 9.37. The van der Waals surface area contributed by atoms with E-state index in [0.29, 0.717) is 12.3 Å². The van der Waals surface area contributed by atoms with Gasteiger partial charge < -0.3 is 9.84 Å². The average Bonchev–Trinajstić information content (AvgIpc) is 2.90. The Morgan fingerprint density at radius 1 is 1.24 bits per heavy atom. The van der Waals surface area contributed by atoms with Gasteiger partial charge in [-0.3, -0.25) is 9.59 Å². The molecule has 3 rings (SSSR count). The van der Waals surface area contributed by atoms with E-state index in [1.165, 1.54) is 6.92 Å². The van der Waals surface area contributed by atoms with E-state index < -0.39 is 17.7 Å². The van der Waals surface area contributed by atoms with Crippen molar-refractivity contribution < 1.29 is 19.4 Å². The van der Waals surface area contributed by atoms with Gasteiger partial charge in [-0.1, -0.05) is 20.8 Å². The quantitative estimate of drug-likeness (QED) is 0.595. The molecule has 0 amide bonds. The molecule has 4 nitrogen and oxygen atoms in total. The zero-order valence-corrected chi connectivity index (χ0v) is 13.4. The standard InChI is InChI=1S/C17H24O4/c1-9(18)21-13-12-11(17(5,20)14(13)19)8-15(2,3)6-10-7-16(10,12)4/h10,13,20H,6-8H2,1-5H3. The summed E-state index contributed by atoms with van der Waals surface area (Å²) < 4.78 is 5.31. The third kappa shape index (κ3) is 1.99. The second kappa shape index (κ2) is 3.97. The predicted molar refractivity (Wildman–Crippen MR) is 77.4 cm³/mol. The minimum Gasteiger partial charge on any atom is -0.450 e. The highest BCUT2D eigenvalue weighted by Crippen LogP contribution is 2.68. The number of fused-ring (bicyclic) bond motifs is 2. The molecule has 0 radical (unpaired) electrons. The van der Waals surface area contributed by atoms with Gasteiger partial charge >= 0.3 is 5.97 Å². The maximum atomic E-state index is 12.6. The number of esters is 1. The van der Waals surface area contributed by atoms with Crippen molar-refractivity contribution in [1.29, 1.82) is 0 Å². The first kappa shape index (κ1) is 14.8. The molecule has 0 bridgehead atoms. The lowest BCUT2D eigenvalue weighted by Gasteiger charge is -2.29. The van der Waals surface area contributed by atoms with Crippen LogP contribution >= 0.6 is 0 Å². The van der Waals surface area contributed by atoms with Crippen molar-refractivity contribution >= 4 is 11.8 Å². The van der Waals surface area contributed by atoms with Gasteiger partial charge in [-0.15, -0.1) is 0 Å². The van der Waals surface area contributed by atoms with Crippen molar-refractivity contribution in [1.82, 2.24) is 0 Å². The van der Waals surface area contributed by atoms with Crippen LogP contribution in [-0.4, -0.2) is 28.6 Å². The molecule has 116 valence electrons. The molecule has 1 fully saturated rings. The molecule has 0 aromatic carbocycles. The number of carbonyl (C=O) groups is 2. The van der Waals surface area contributed by atoms with E-state index in [4.69, 9.17) is 4.74 Å². The SMILES string of the molecule is CC(=O)OC1C(=O)C(C)(O)C2=C1C1(C)CC1CC(C)(C)C2. The van der Waals surface area contributed by atoms with Crippen LogP contribution in [0, 0.1) is 16.7 Å². The summed E-state index contributed by atoms with van der Waals surface area (Å²) in [5.74, 6) is -0.339. The van der Waals surface area contributed by atoms with Gasteiger partial charge in [-0.25, -0.2) is 0 Å². The van der Waals surface area contributed by atoms with Gasteiger partial charge in [0, 0.05) is 6.92 Å². The number of hydrogen-bond acceptors (Lipinski definition) is 4. The molecule has 1 N–H and O–H groups in total. The molecule has 4 atom stereocenters. The maximum Gasteiger partial charge on any atom is 0.303 e. The fraction of sp³-hybridized carbons (Fsp3) is 0.765. The van der Waals surface area contributed by atoms with Crippen molar-refractivity contribution in [3.63, 3.8) is 0 Å². The first-order chi connectivity index (χ1) is 9.49. The Kier molecular flexibility index (Phi) is 2.79. The fourth-order valence-electron chi connectivity index (χ4n) is 4.44. The molecule has 21 heavy (non-hydrogen) atoms. The van der Waals surface area contributed by atoms with E-state index in [0.717, 1.165) is 24.0 Å². The van der Waals surface area contributed by atoms with Gasteiger partial charge in [0.05, 0.1) is 0 Å². The number of carbonyl (C=O) groups excluding carboxylic acids is 2. The van der Waals surface area contributed by atoms with Crippen LogP contribution in [0.4, 0.5) is 0 Å². The van der Waals surface area contributed by atoms with Gasteiger partial charge in [0.15, 0.2) is 6.10 Å². The summed E-state index contributed by atoms with van der Waals surface area (Å²) in [6.07, 6.45) is 1.88. The first-order valence-electron chi connectivity index (χ1n) is 7.67. The number of rotatable bonds is 1. The molecule has 0 spiro atoms. The number of ether oxygens (including phenoxy) is 1. The number of hydrogen-bond donors (Lipinski definition) is 1. The Labute approximate surface area is 125 Å². The highest BCUT2D eigenvalue weighted by molar-refractivity contribution is 6.01. The largest absolute Gasteiger partial charge is 0.450 e. The number of aliphatic hydroxyl groups is 1. The molecule has 3 aliphatic carbocycles. The molecule has 3 aliphatic rings. The topological polar surface area (TPSA) is 63.6 Å². The minimum absolute atomic E-state index is 0.0505. The van der Waals surface area contributed by atoms with E-state index in [9.17, 15) is 14.7 Å². The lowest BCUT2D eigenvalue weighted by atomic mass is 9.78. The summed E-state index contributed by atoms with van der Waals surface area (Å²) in [5, 5.41) is 10.8. The van der Waals surface area contributed by atoms with Crippen molar-refractivity contribution in [3.05, 3.63) is 11.1 Å². The highest BCUT2D eigenvalue weighted by atomic mass is 16.5. The van der Waals surface area contributed by atoms with Crippen LogP contribution in [0.1, 0.15) is 53.9 Å². The normalized spacial score (nSPS) is 44.0. The van der Waals surface area contributed by atoms with Crippen molar-refractivity contribution in [2.75, 3.05) is 0 Å². The number of ketones is 1. The van der Waals surface area contributed by atoms with Crippen LogP contribution in [0.15, 0.2) is 11.1 Å². The monoisotopic (exact) mass is 292 g/mol. The molecule has 0 heterocycles. The van der Waals surface area contributed by atoms with Crippen molar-refractivity contribution in [3.8, 4) is 0 Å². The molecule has 0 aromatic heterocycles. The average molecular weight is 292 g/mol. The van der Waals surface area contributed by atoms with Crippen LogP contribution in [-0.2, 0) is 14.3 Å². The van der Waals surface area contributed by atoms with E-state index >= 15 is 0 Å².